The molecule has 0 heterocycles. The van der Waals surface area contributed by atoms with E-state index in [0.29, 0.717) is 0 Å². The molecular formula is C13H11F15O2. The van der Waals surface area contributed by atoms with Crippen molar-refractivity contribution in [2.24, 2.45) is 0 Å². The summed E-state index contributed by atoms with van der Waals surface area (Å²) in [6, 6.07) is 0. The van der Waals surface area contributed by atoms with Gasteiger partial charge in [0.1, 0.15) is 0 Å². The number of hydrogen-bond donors (Lipinski definition) is 1. The minimum absolute atomic E-state index is 0.107. The number of ether oxygens (including phenoxy) is 1. The van der Waals surface area contributed by atoms with Gasteiger partial charge in [0.15, 0.2) is 0 Å². The number of alkyl halides is 15. The van der Waals surface area contributed by atoms with Crippen LogP contribution in [0.25, 0.3) is 0 Å². The highest BCUT2D eigenvalue weighted by atomic mass is 19.4. The van der Waals surface area contributed by atoms with Crippen LogP contribution in [0.3, 0.4) is 0 Å². The zero-order chi connectivity index (χ0) is 24.4. The summed E-state index contributed by atoms with van der Waals surface area (Å²) in [5.74, 6) is -42.5. The molecule has 0 radical (unpaired) electrons. The summed E-state index contributed by atoms with van der Waals surface area (Å²) in [6.07, 6.45) is -13.0. The lowest BCUT2D eigenvalue weighted by Crippen LogP contribution is -2.64. The number of aliphatic hydroxyl groups is 1. The molecule has 0 saturated carbocycles. The molecule has 0 rings (SSSR count). The molecule has 0 unspecified atom stereocenters. The average Bonchev–Trinajstić information content (AvgIpc) is 2.51. The van der Waals surface area contributed by atoms with E-state index in [1.54, 1.807) is 0 Å². The van der Waals surface area contributed by atoms with E-state index in [9.17, 15) is 65.9 Å². The molecule has 2 nitrogen and oxygen atoms in total. The number of halogens is 15. The fourth-order valence-electron chi connectivity index (χ4n) is 1.66. The summed E-state index contributed by atoms with van der Waals surface area (Å²) in [7, 11) is 0. The molecule has 0 fully saturated rings. The molecule has 0 aromatic carbocycles. The Kier molecular flexibility index (Phi) is 8.23. The highest BCUT2D eigenvalue weighted by molar-refractivity contribution is 5.13. The Bertz CT molecular complexity index is 594. The molecule has 180 valence electrons. The van der Waals surface area contributed by atoms with Crippen LogP contribution in [-0.2, 0) is 4.74 Å². The first-order valence-electron chi connectivity index (χ1n) is 7.22. The van der Waals surface area contributed by atoms with Crippen molar-refractivity contribution in [2.75, 3.05) is 19.8 Å². The molecule has 30 heavy (non-hydrogen) atoms. The number of allylic oxidation sites excluding steroid dienone is 1. The summed E-state index contributed by atoms with van der Waals surface area (Å²) >= 11 is 0. The van der Waals surface area contributed by atoms with Gasteiger partial charge in [0.2, 0.25) is 0 Å². The van der Waals surface area contributed by atoms with E-state index in [0.717, 1.165) is 0 Å². The normalized spacial score (nSPS) is 15.9. The molecule has 1 N–H and O–H groups in total. The third-order valence-corrected chi connectivity index (χ3v) is 3.31. The topological polar surface area (TPSA) is 29.5 Å². The molecule has 0 atom stereocenters. The summed E-state index contributed by atoms with van der Waals surface area (Å²) in [5, 5.41) is 8.27. The van der Waals surface area contributed by atoms with E-state index in [-0.39, 0.29) is 6.08 Å². The molecule has 0 aliphatic heterocycles. The Labute approximate surface area is 157 Å². The van der Waals surface area contributed by atoms with Crippen LogP contribution in [-0.4, -0.2) is 66.6 Å². The lowest BCUT2D eigenvalue weighted by Gasteiger charge is -2.38. The molecule has 0 aliphatic carbocycles. The van der Waals surface area contributed by atoms with Crippen LogP contribution in [0.5, 0.6) is 0 Å². The van der Waals surface area contributed by atoms with Crippen LogP contribution in [0, 0.1) is 0 Å². The molecular weight excluding hydrogens is 473 g/mol. The van der Waals surface area contributed by atoms with Crippen LogP contribution in [0.2, 0.25) is 0 Å². The first kappa shape index (κ1) is 28.6. The maximum Gasteiger partial charge on any atom is 0.459 e. The first-order valence-corrected chi connectivity index (χ1v) is 7.22. The highest BCUT2D eigenvalue weighted by Crippen LogP contribution is 2.58. The van der Waals surface area contributed by atoms with Gasteiger partial charge in [-0.3, -0.25) is 0 Å². The first-order chi connectivity index (χ1) is 13.0. The molecule has 0 saturated heterocycles. The lowest BCUT2D eigenvalue weighted by molar-refractivity contribution is -0.392. The zero-order valence-electron chi connectivity index (χ0n) is 14.0. The minimum atomic E-state index is -7.51. The second-order valence-corrected chi connectivity index (χ2v) is 5.63. The number of rotatable bonds is 11. The zero-order valence-corrected chi connectivity index (χ0v) is 14.0. The highest BCUT2D eigenvalue weighted by Gasteiger charge is 2.83. The van der Waals surface area contributed by atoms with Gasteiger partial charge >= 0.3 is 41.7 Å². The summed E-state index contributed by atoms with van der Waals surface area (Å²) in [4.78, 5) is 0. The Hall–Kier alpha value is -1.39. The van der Waals surface area contributed by atoms with Crippen molar-refractivity contribution in [1.29, 1.82) is 0 Å². The molecule has 0 bridgehead atoms. The molecule has 0 aromatic rings. The summed E-state index contributed by atoms with van der Waals surface area (Å²) in [5.41, 5.74) is 0. The SMILES string of the molecule is OCCOC/C=C\C(F)(F)C(F)(F)C(F)(F)C(F)(F)CC(F)(F)C(F)(F)C(F)(F)F. The Morgan fingerprint density at radius 1 is 0.633 bits per heavy atom. The van der Waals surface area contributed by atoms with Gasteiger partial charge in [-0.25, -0.2) is 0 Å². The van der Waals surface area contributed by atoms with Crippen LogP contribution >= 0.6 is 0 Å². The maximum absolute atomic E-state index is 13.4. The van der Waals surface area contributed by atoms with E-state index in [1.165, 1.54) is 0 Å². The quantitative estimate of drug-likeness (QED) is 0.245. The standard InChI is InChI=1S/C13H11F15O2/c14-7(15,2-1-4-30-5-3-29)10(20,21)11(22,23)8(16,17)6-9(18,19)12(24,25)13(26,27)28/h1-2,29H,3-6H2/b2-1-. The fourth-order valence-corrected chi connectivity index (χ4v) is 1.66. The lowest BCUT2D eigenvalue weighted by atomic mass is 9.92. The van der Waals surface area contributed by atoms with Gasteiger partial charge in [-0.1, -0.05) is 6.08 Å². The smallest absolute Gasteiger partial charge is 0.394 e. The van der Waals surface area contributed by atoms with Gasteiger partial charge in [-0.15, -0.1) is 0 Å². The predicted octanol–water partition coefficient (Wildman–Crippen LogP) is 5.32. The third-order valence-electron chi connectivity index (χ3n) is 3.31. The average molecular weight is 484 g/mol. The van der Waals surface area contributed by atoms with Gasteiger partial charge in [-0.2, -0.15) is 65.9 Å². The monoisotopic (exact) mass is 484 g/mol. The van der Waals surface area contributed by atoms with Crippen molar-refractivity contribution in [3.8, 4) is 0 Å². The Balaban J connectivity index is 5.89. The van der Waals surface area contributed by atoms with Crippen LogP contribution in [0.15, 0.2) is 12.2 Å². The van der Waals surface area contributed by atoms with Gasteiger partial charge in [0, 0.05) is 0 Å². The van der Waals surface area contributed by atoms with Crippen LogP contribution < -0.4 is 0 Å². The minimum Gasteiger partial charge on any atom is -0.394 e. The van der Waals surface area contributed by atoms with Gasteiger partial charge < -0.3 is 9.84 Å². The van der Waals surface area contributed by atoms with Crippen LogP contribution in [0.1, 0.15) is 6.42 Å². The molecule has 0 aromatic heterocycles. The molecule has 0 amide bonds. The molecule has 0 spiro atoms. The van der Waals surface area contributed by atoms with Crippen LogP contribution in [0.4, 0.5) is 65.9 Å². The van der Waals surface area contributed by atoms with E-state index in [1.807, 2.05) is 0 Å². The number of aliphatic hydroxyl groups excluding tert-OH is 1. The third kappa shape index (κ3) is 5.26. The summed E-state index contributed by atoms with van der Waals surface area (Å²) < 4.78 is 198. The Morgan fingerprint density at radius 2 is 1.07 bits per heavy atom. The van der Waals surface area contributed by atoms with Gasteiger partial charge in [0.05, 0.1) is 26.2 Å². The number of hydrogen-bond acceptors (Lipinski definition) is 2. The van der Waals surface area contributed by atoms with Crippen molar-refractivity contribution >= 4 is 0 Å². The molecule has 0 aliphatic rings. The van der Waals surface area contributed by atoms with E-state index in [4.69, 9.17) is 5.11 Å². The Morgan fingerprint density at radius 3 is 1.47 bits per heavy atom. The van der Waals surface area contributed by atoms with Crippen molar-refractivity contribution in [3.63, 3.8) is 0 Å². The van der Waals surface area contributed by atoms with Crippen molar-refractivity contribution in [2.45, 2.75) is 48.1 Å². The largest absolute Gasteiger partial charge is 0.459 e. The van der Waals surface area contributed by atoms with Crippen molar-refractivity contribution in [3.05, 3.63) is 12.2 Å². The molecule has 17 heteroatoms. The maximum atomic E-state index is 13.4. The van der Waals surface area contributed by atoms with Crippen molar-refractivity contribution in [1.82, 2.24) is 0 Å². The summed E-state index contributed by atoms with van der Waals surface area (Å²) in [6.45, 7) is -2.28. The van der Waals surface area contributed by atoms with E-state index < -0.39 is 74.0 Å². The van der Waals surface area contributed by atoms with E-state index in [2.05, 4.69) is 4.74 Å². The second-order valence-electron chi connectivity index (χ2n) is 5.63. The van der Waals surface area contributed by atoms with Gasteiger partial charge in [0.25, 0.3) is 0 Å². The van der Waals surface area contributed by atoms with Gasteiger partial charge in [-0.05, 0) is 6.08 Å². The van der Waals surface area contributed by atoms with Crippen molar-refractivity contribution < 1.29 is 75.7 Å². The predicted molar refractivity (Wildman–Crippen MR) is 67.4 cm³/mol. The fraction of sp³-hybridized carbons (Fsp3) is 0.846. The van der Waals surface area contributed by atoms with E-state index >= 15 is 0 Å². The second kappa shape index (κ2) is 8.63.